The van der Waals surface area contributed by atoms with Gasteiger partial charge < -0.3 is 9.72 Å². The van der Waals surface area contributed by atoms with Gasteiger partial charge in [0.25, 0.3) is 0 Å². The molecule has 0 unspecified atom stereocenters. The predicted octanol–water partition coefficient (Wildman–Crippen LogP) is 3.08. The number of hydrogen-bond donors (Lipinski definition) is 1. The van der Waals surface area contributed by atoms with Gasteiger partial charge in [0.1, 0.15) is 5.69 Å². The summed E-state index contributed by atoms with van der Waals surface area (Å²) in [6.07, 6.45) is 3.47. The SMILES string of the molecule is CCOC(=O)c1[nH]c2ccccc2c(=O)c1CN1CCCC[C@@H]1C. The summed E-state index contributed by atoms with van der Waals surface area (Å²) in [4.78, 5) is 30.8. The number of para-hydroxylation sites is 1. The van der Waals surface area contributed by atoms with E-state index in [9.17, 15) is 9.59 Å². The summed E-state index contributed by atoms with van der Waals surface area (Å²) in [6.45, 7) is 5.67. The molecule has 1 atom stereocenters. The number of fused-ring (bicyclic) bond motifs is 1. The topological polar surface area (TPSA) is 62.4 Å². The Hall–Kier alpha value is -2.14. The lowest BCUT2D eigenvalue weighted by Gasteiger charge is -2.33. The van der Waals surface area contributed by atoms with Gasteiger partial charge >= 0.3 is 5.97 Å². The minimum Gasteiger partial charge on any atom is -0.461 e. The Morgan fingerprint density at radius 1 is 1.33 bits per heavy atom. The Kier molecular flexibility index (Phi) is 5.00. The van der Waals surface area contributed by atoms with Crippen molar-refractivity contribution in [3.63, 3.8) is 0 Å². The first-order valence-electron chi connectivity index (χ1n) is 8.67. The van der Waals surface area contributed by atoms with E-state index in [1.807, 2.05) is 18.2 Å². The number of pyridine rings is 1. The van der Waals surface area contributed by atoms with Gasteiger partial charge in [-0.2, -0.15) is 0 Å². The fraction of sp³-hybridized carbons (Fsp3) is 0.474. The van der Waals surface area contributed by atoms with Gasteiger partial charge in [0, 0.05) is 29.1 Å². The zero-order valence-corrected chi connectivity index (χ0v) is 14.3. The van der Waals surface area contributed by atoms with Gasteiger partial charge in [-0.1, -0.05) is 18.6 Å². The smallest absolute Gasteiger partial charge is 0.355 e. The largest absolute Gasteiger partial charge is 0.461 e. The van der Waals surface area contributed by atoms with E-state index in [1.54, 1.807) is 13.0 Å². The first-order chi connectivity index (χ1) is 11.6. The van der Waals surface area contributed by atoms with Crippen LogP contribution in [0.15, 0.2) is 29.1 Å². The van der Waals surface area contributed by atoms with Crippen LogP contribution in [0.4, 0.5) is 0 Å². The van der Waals surface area contributed by atoms with Crippen LogP contribution in [0.25, 0.3) is 10.9 Å². The summed E-state index contributed by atoms with van der Waals surface area (Å²) in [5.74, 6) is -0.458. The lowest BCUT2D eigenvalue weighted by molar-refractivity contribution is 0.0515. The molecule has 0 aliphatic carbocycles. The summed E-state index contributed by atoms with van der Waals surface area (Å²) in [5.41, 5.74) is 1.39. The second kappa shape index (κ2) is 7.18. The van der Waals surface area contributed by atoms with Crippen LogP contribution in [0.2, 0.25) is 0 Å². The number of nitrogens with one attached hydrogen (secondary N) is 1. The summed E-state index contributed by atoms with van der Waals surface area (Å²) in [6, 6.07) is 7.72. The first-order valence-corrected chi connectivity index (χ1v) is 8.67. The van der Waals surface area contributed by atoms with E-state index in [0.29, 0.717) is 34.7 Å². The highest BCUT2D eigenvalue weighted by Gasteiger charge is 2.24. The van der Waals surface area contributed by atoms with Gasteiger partial charge in [0.15, 0.2) is 5.43 Å². The summed E-state index contributed by atoms with van der Waals surface area (Å²) in [5, 5.41) is 0.616. The van der Waals surface area contributed by atoms with Gasteiger partial charge in [-0.25, -0.2) is 4.79 Å². The fourth-order valence-corrected chi connectivity index (χ4v) is 3.40. The lowest BCUT2D eigenvalue weighted by atomic mass is 10.0. The zero-order valence-electron chi connectivity index (χ0n) is 14.3. The van der Waals surface area contributed by atoms with Crippen molar-refractivity contribution >= 4 is 16.9 Å². The monoisotopic (exact) mass is 328 g/mol. The van der Waals surface area contributed by atoms with Crippen LogP contribution >= 0.6 is 0 Å². The highest BCUT2D eigenvalue weighted by atomic mass is 16.5. The molecule has 0 bridgehead atoms. The Bertz CT molecular complexity index is 797. The molecule has 1 aliphatic heterocycles. The normalized spacial score (nSPS) is 18.7. The average molecular weight is 328 g/mol. The van der Waals surface area contributed by atoms with Crippen LogP contribution in [0.3, 0.4) is 0 Å². The number of likely N-dealkylation sites (tertiary alicyclic amines) is 1. The molecule has 0 spiro atoms. The molecule has 5 nitrogen and oxygen atoms in total. The van der Waals surface area contributed by atoms with Crippen molar-refractivity contribution in [3.05, 3.63) is 45.7 Å². The Balaban J connectivity index is 2.08. The number of ether oxygens (including phenoxy) is 1. The molecule has 1 aromatic carbocycles. The number of aromatic amines is 1. The van der Waals surface area contributed by atoms with Crippen LogP contribution < -0.4 is 5.43 Å². The number of piperidine rings is 1. The number of carbonyl (C=O) groups excluding carboxylic acids is 1. The lowest BCUT2D eigenvalue weighted by Crippen LogP contribution is -2.39. The van der Waals surface area contributed by atoms with Crippen molar-refractivity contribution in [2.24, 2.45) is 0 Å². The minimum absolute atomic E-state index is 0.0785. The van der Waals surface area contributed by atoms with Gasteiger partial charge in [-0.3, -0.25) is 9.69 Å². The molecular formula is C19H24N2O3. The number of carbonyl (C=O) groups is 1. The van der Waals surface area contributed by atoms with Crippen molar-refractivity contribution in [2.45, 2.75) is 45.7 Å². The van der Waals surface area contributed by atoms with Crippen molar-refractivity contribution in [1.29, 1.82) is 0 Å². The zero-order chi connectivity index (χ0) is 17.1. The van der Waals surface area contributed by atoms with Crippen molar-refractivity contribution < 1.29 is 9.53 Å². The van der Waals surface area contributed by atoms with Gasteiger partial charge in [0.05, 0.1) is 6.61 Å². The third-order valence-electron chi connectivity index (χ3n) is 4.79. The number of aromatic nitrogens is 1. The van der Waals surface area contributed by atoms with Crippen LogP contribution in [-0.2, 0) is 11.3 Å². The summed E-state index contributed by atoms with van der Waals surface area (Å²) in [7, 11) is 0. The number of esters is 1. The Morgan fingerprint density at radius 2 is 2.12 bits per heavy atom. The van der Waals surface area contributed by atoms with E-state index in [4.69, 9.17) is 4.74 Å². The number of nitrogens with zero attached hydrogens (tertiary/aromatic N) is 1. The molecule has 2 aromatic rings. The second-order valence-electron chi connectivity index (χ2n) is 6.39. The van der Waals surface area contributed by atoms with Gasteiger partial charge in [-0.05, 0) is 45.4 Å². The van der Waals surface area contributed by atoms with E-state index in [1.165, 1.54) is 6.42 Å². The number of benzene rings is 1. The third-order valence-corrected chi connectivity index (χ3v) is 4.79. The minimum atomic E-state index is -0.458. The molecule has 0 saturated carbocycles. The number of rotatable bonds is 4. The molecular weight excluding hydrogens is 304 g/mol. The third kappa shape index (κ3) is 3.22. The molecule has 1 aliphatic rings. The Morgan fingerprint density at radius 3 is 2.88 bits per heavy atom. The van der Waals surface area contributed by atoms with Gasteiger partial charge in [-0.15, -0.1) is 0 Å². The molecule has 3 rings (SSSR count). The van der Waals surface area contributed by atoms with E-state index in [-0.39, 0.29) is 12.0 Å². The summed E-state index contributed by atoms with van der Waals surface area (Å²) >= 11 is 0. The van der Waals surface area contributed by atoms with E-state index in [0.717, 1.165) is 19.4 Å². The first kappa shape index (κ1) is 16.7. The maximum atomic E-state index is 13.0. The van der Waals surface area contributed by atoms with Crippen LogP contribution in [0.5, 0.6) is 0 Å². The van der Waals surface area contributed by atoms with E-state index >= 15 is 0 Å². The molecule has 128 valence electrons. The molecule has 1 fully saturated rings. The molecule has 24 heavy (non-hydrogen) atoms. The van der Waals surface area contributed by atoms with Crippen LogP contribution in [0.1, 0.15) is 49.2 Å². The molecule has 1 N–H and O–H groups in total. The standard InChI is InChI=1S/C19H24N2O3/c1-3-24-19(23)17-15(12-21-11-7-6-8-13(21)2)18(22)14-9-4-5-10-16(14)20-17/h4-5,9-10,13H,3,6-8,11-12H2,1-2H3,(H,20,22)/t13-/m0/s1. The van der Waals surface area contributed by atoms with Gasteiger partial charge in [0.2, 0.25) is 0 Å². The van der Waals surface area contributed by atoms with Crippen molar-refractivity contribution in [1.82, 2.24) is 9.88 Å². The van der Waals surface area contributed by atoms with E-state index < -0.39 is 5.97 Å². The molecule has 1 saturated heterocycles. The van der Waals surface area contributed by atoms with Crippen molar-refractivity contribution in [3.8, 4) is 0 Å². The Labute approximate surface area is 141 Å². The maximum Gasteiger partial charge on any atom is 0.355 e. The summed E-state index contributed by atoms with van der Waals surface area (Å²) < 4.78 is 5.16. The highest BCUT2D eigenvalue weighted by Crippen LogP contribution is 2.21. The molecule has 5 heteroatoms. The predicted molar refractivity (Wildman–Crippen MR) is 94.2 cm³/mol. The second-order valence-corrected chi connectivity index (χ2v) is 6.39. The molecule has 0 radical (unpaired) electrons. The number of H-pyrrole nitrogens is 1. The maximum absolute atomic E-state index is 13.0. The quantitative estimate of drug-likeness (QED) is 0.876. The molecule has 0 amide bonds. The van der Waals surface area contributed by atoms with Crippen LogP contribution in [0, 0.1) is 0 Å². The van der Waals surface area contributed by atoms with Crippen LogP contribution in [-0.4, -0.2) is 35.0 Å². The van der Waals surface area contributed by atoms with Crippen molar-refractivity contribution in [2.75, 3.05) is 13.2 Å². The molecule has 1 aromatic heterocycles. The highest BCUT2D eigenvalue weighted by molar-refractivity contribution is 5.92. The number of hydrogen-bond acceptors (Lipinski definition) is 4. The molecule has 2 heterocycles. The van der Waals surface area contributed by atoms with E-state index in [2.05, 4.69) is 16.8 Å². The fourth-order valence-electron chi connectivity index (χ4n) is 3.40. The average Bonchev–Trinajstić information content (AvgIpc) is 2.59.